The van der Waals surface area contributed by atoms with E-state index in [-0.39, 0.29) is 74.3 Å². The van der Waals surface area contributed by atoms with E-state index in [9.17, 15) is 0 Å². The molecule has 30 heteroatoms. The lowest BCUT2D eigenvalue weighted by molar-refractivity contribution is -0.0557. The number of hydrogen-bond donors (Lipinski definition) is 0. The molecular weight excluding hydrogens is 1510 g/mol. The fourth-order valence-corrected chi connectivity index (χ4v) is 8.69. The van der Waals surface area contributed by atoms with Crippen molar-refractivity contribution in [3.05, 3.63) is 126 Å². The minimum atomic E-state index is -0.398. The Morgan fingerprint density at radius 3 is 1.10 bits per heavy atom. The predicted octanol–water partition coefficient (Wildman–Crippen LogP) is 19.6. The standard InChI is InChI=1S/C12H20N2O3.2C10H16N2O3.3C9H14N2.C8H9N3.C8H12N2.2C7H10N2/c1-3-7-15-10-12(17-9-6-14-2)11-16-8-4-5-13;1-4-13-7-10(8-14-9-12-3)15-6-5-11-2;1-3-13-6-10(7-14-5-4-11)8-15-9-12-2;1-3-4-9(5-7-10)6-8-11-2;1-3-4-5-9(8-10)6-7-11-2;1-3-4-5-6-9(7-10)8-11-2;1-11-7-8(6-10)4-2-3-5-9;1-3-4-8(7-9)5-6-10-2;1-3-7(6-8)4-5-9-2;1-3-4-5-7(6-8)9-2/h12H,3-4,6-11H2,1H3;10H,4-9H2,1H3;10H,3,5-9H2,1H3;9H,3-6,8H2,1H3;9H,3-7H2,1H3;9H,3-6,8H2,1H3;8H,2-4,7H2;8H,3-6H2,1H3;2*7H,3-5H2,1H3. The molecule has 0 aliphatic carbocycles. The Balaban J connectivity index is -0.000000140. The molecule has 0 N–H and O–H groups in total. The lowest BCUT2D eigenvalue weighted by Crippen LogP contribution is -2.27. The number of ether oxygens (including phenoxy) is 9. The number of unbranched alkanes of at least 4 members (excludes halogenated alkanes) is 5. The highest BCUT2D eigenvalue weighted by Crippen LogP contribution is 2.16. The third-order valence-corrected chi connectivity index (χ3v) is 15.2. The van der Waals surface area contributed by atoms with Crippen LogP contribution in [0.2, 0.25) is 0 Å². The average Bonchev–Trinajstić information content (AvgIpc) is 0.995. The van der Waals surface area contributed by atoms with E-state index >= 15 is 0 Å². The first-order chi connectivity index (χ1) is 58.0. The summed E-state index contributed by atoms with van der Waals surface area (Å²) in [6.45, 7) is 100. The Morgan fingerprint density at radius 1 is 0.286 bits per heavy atom. The number of nitrogens with zero attached hydrogens (tertiary/aromatic N) is 21. The fraction of sp³-hybridized carbons (Fsp3) is 0.764. The molecule has 0 aromatic heterocycles. The normalized spacial score (nSPS) is 11.5. The molecule has 0 aliphatic rings. The van der Waals surface area contributed by atoms with Gasteiger partial charge in [-0.05, 0) is 77.6 Å². The summed E-state index contributed by atoms with van der Waals surface area (Å²) < 4.78 is 47.1. The van der Waals surface area contributed by atoms with Gasteiger partial charge in [0.05, 0.1) is 132 Å². The van der Waals surface area contributed by atoms with Crippen LogP contribution in [0.25, 0.3) is 53.3 Å². The topological polar surface area (TPSA) is 369 Å². The van der Waals surface area contributed by atoms with Gasteiger partial charge in [0.25, 0.3) is 0 Å². The van der Waals surface area contributed by atoms with E-state index in [2.05, 4.69) is 118 Å². The first kappa shape index (κ1) is 129. The first-order valence-electron chi connectivity index (χ1n) is 40.8. The molecule has 119 heavy (non-hydrogen) atoms. The minimum absolute atomic E-state index is 0.0287. The molecule has 0 saturated carbocycles. The van der Waals surface area contributed by atoms with Crippen molar-refractivity contribution >= 4 is 0 Å². The molecule has 30 nitrogen and oxygen atoms in total. The summed E-state index contributed by atoms with van der Waals surface area (Å²) in [5.74, 6) is 0.654. The van der Waals surface area contributed by atoms with E-state index in [1.54, 1.807) is 0 Å². The van der Waals surface area contributed by atoms with Gasteiger partial charge in [0.15, 0.2) is 6.07 Å². The maximum absolute atomic E-state index is 8.63. The predicted molar refractivity (Wildman–Crippen MR) is 458 cm³/mol. The molecule has 0 spiro atoms. The third-order valence-electron chi connectivity index (χ3n) is 15.2. The van der Waals surface area contributed by atoms with Crippen LogP contribution in [0.4, 0.5) is 0 Å². The molecular formula is C89H135N21O9. The molecule has 0 radical (unpaired) electrons. The Hall–Kier alpha value is -11.1. The van der Waals surface area contributed by atoms with Crippen LogP contribution in [0.5, 0.6) is 0 Å². The van der Waals surface area contributed by atoms with Crippen molar-refractivity contribution in [3.8, 4) is 60.7 Å². The lowest BCUT2D eigenvalue weighted by atomic mass is 9.97. The van der Waals surface area contributed by atoms with E-state index in [0.717, 1.165) is 122 Å². The van der Waals surface area contributed by atoms with Crippen LogP contribution >= 0.6 is 0 Å². The molecule has 0 saturated heterocycles. The van der Waals surface area contributed by atoms with Gasteiger partial charge >= 0.3 is 19.5 Å². The monoisotopic (exact) mass is 1640 g/mol. The van der Waals surface area contributed by atoms with Crippen LogP contribution in [0, 0.1) is 227 Å². The largest absolute Gasteiger partial charge is 0.381 e. The SMILES string of the molecule is [C-]#[N+]C(C#N)CCCC.[C-]#[N+]CC(C#N)CCCC#N.[C-]#[N+]CC(C#N)CCCCC.[C-]#[N+]CCC(C#N)CC.[C-]#[N+]CCC(C#N)CCC.[C-]#[N+]CCC(C#N)CCCC.[C-]#[N+]CCC(CC#N)CCC.[C-]#[N+]CCOC(COCC)COC[N+]#[C-].[C-]#[N+]CCOC(COCCC)COCCC#N.[C-]#[N+]COCC(COCC)COCC#N. The van der Waals surface area contributed by atoms with E-state index in [1.807, 2.05) is 58.0 Å². The van der Waals surface area contributed by atoms with Gasteiger partial charge in [-0.25, -0.2) is 72.3 Å². The van der Waals surface area contributed by atoms with Crippen LogP contribution in [-0.2, 0) is 42.6 Å². The number of rotatable bonds is 58. The zero-order valence-electron chi connectivity index (χ0n) is 73.0. The Bertz CT molecular complexity index is 3140. The van der Waals surface area contributed by atoms with Gasteiger partial charge in [-0.15, -0.1) is 0 Å². The molecule has 0 rings (SSSR count). The highest BCUT2D eigenvalue weighted by molar-refractivity contribution is 4.98. The average molecular weight is 1640 g/mol. The van der Waals surface area contributed by atoms with Crippen molar-refractivity contribution < 1.29 is 42.6 Å². The Labute approximate surface area is 718 Å². The number of nitriles is 10. The zero-order chi connectivity index (χ0) is 91.6. The van der Waals surface area contributed by atoms with Gasteiger partial charge in [0.2, 0.25) is 52.4 Å². The molecule has 0 aliphatic heterocycles. The van der Waals surface area contributed by atoms with Crippen LogP contribution in [-0.4, -0.2) is 177 Å². The quantitative estimate of drug-likeness (QED) is 0.0403. The van der Waals surface area contributed by atoms with E-state index in [0.29, 0.717) is 163 Å². The maximum atomic E-state index is 8.63. The van der Waals surface area contributed by atoms with Crippen molar-refractivity contribution in [2.75, 3.05) is 158 Å². The lowest BCUT2D eigenvalue weighted by Gasteiger charge is -2.16. The second-order valence-electron chi connectivity index (χ2n) is 25.3. The van der Waals surface area contributed by atoms with Crippen LogP contribution in [0.15, 0.2) is 0 Å². The summed E-state index contributed by atoms with van der Waals surface area (Å²) in [4.78, 5) is 34.9. The van der Waals surface area contributed by atoms with Crippen molar-refractivity contribution in [3.63, 3.8) is 0 Å². The number of hydrogen-bond acceptors (Lipinski definition) is 19. The van der Waals surface area contributed by atoms with Gasteiger partial charge in [0.1, 0.15) is 43.9 Å². The van der Waals surface area contributed by atoms with Gasteiger partial charge in [0, 0.05) is 70.7 Å². The summed E-state index contributed by atoms with van der Waals surface area (Å²) in [6.07, 6.45) is 22.0. The van der Waals surface area contributed by atoms with Gasteiger partial charge < -0.3 is 81.4 Å². The third kappa shape index (κ3) is 123. The van der Waals surface area contributed by atoms with Gasteiger partial charge in [-0.2, -0.15) is 52.6 Å². The van der Waals surface area contributed by atoms with E-state index in [1.165, 1.54) is 12.8 Å². The molecule has 0 bridgehead atoms. The molecule has 0 fully saturated rings. The van der Waals surface area contributed by atoms with E-state index < -0.39 is 6.04 Å². The van der Waals surface area contributed by atoms with Crippen molar-refractivity contribution in [2.24, 2.45) is 41.4 Å². The van der Waals surface area contributed by atoms with Crippen molar-refractivity contribution in [2.45, 2.75) is 241 Å². The Kier molecular flexibility index (Phi) is 135. The highest BCUT2D eigenvalue weighted by atomic mass is 16.6. The summed E-state index contributed by atoms with van der Waals surface area (Å²) in [5, 5.41) is 84.2. The van der Waals surface area contributed by atoms with Crippen LogP contribution < -0.4 is 0 Å². The van der Waals surface area contributed by atoms with Crippen LogP contribution in [0.1, 0.15) is 223 Å². The smallest absolute Gasteiger partial charge is 0.318 e. The molecule has 0 amide bonds. The molecule has 0 heterocycles. The molecule has 650 valence electrons. The summed E-state index contributed by atoms with van der Waals surface area (Å²) in [5.41, 5.74) is 0. The Morgan fingerprint density at radius 2 is 0.697 bits per heavy atom. The summed E-state index contributed by atoms with van der Waals surface area (Å²) >= 11 is 0. The highest BCUT2D eigenvalue weighted by Gasteiger charge is 2.16. The van der Waals surface area contributed by atoms with Crippen molar-refractivity contribution in [1.29, 1.82) is 52.6 Å². The molecule has 0 aromatic rings. The first-order valence-corrected chi connectivity index (χ1v) is 40.8. The van der Waals surface area contributed by atoms with E-state index in [4.69, 9.17) is 168 Å². The second kappa shape index (κ2) is 125. The molecule has 0 aromatic carbocycles. The minimum Gasteiger partial charge on any atom is -0.381 e. The molecule has 10 atom stereocenters. The fourth-order valence-electron chi connectivity index (χ4n) is 8.69. The van der Waals surface area contributed by atoms with Crippen LogP contribution in [0.3, 0.4) is 0 Å². The van der Waals surface area contributed by atoms with Crippen molar-refractivity contribution in [1.82, 2.24) is 0 Å². The summed E-state index contributed by atoms with van der Waals surface area (Å²) in [7, 11) is 0. The zero-order valence-corrected chi connectivity index (χ0v) is 73.0. The summed E-state index contributed by atoms with van der Waals surface area (Å²) in [6, 6.07) is 20.4. The van der Waals surface area contributed by atoms with Gasteiger partial charge in [-0.3, -0.25) is 14.5 Å². The second-order valence-corrected chi connectivity index (χ2v) is 25.3. The van der Waals surface area contributed by atoms with Gasteiger partial charge in [-0.1, -0.05) is 99.8 Å². The maximum Gasteiger partial charge on any atom is 0.318 e. The molecule has 10 unspecified atom stereocenters.